The van der Waals surface area contributed by atoms with Gasteiger partial charge in [-0.2, -0.15) is 0 Å². The zero-order chi connectivity index (χ0) is 18.6. The molecule has 0 saturated heterocycles. The van der Waals surface area contributed by atoms with Crippen molar-refractivity contribution in [2.45, 2.75) is 19.9 Å². The van der Waals surface area contributed by atoms with Gasteiger partial charge in [0.1, 0.15) is 17.4 Å². The first kappa shape index (κ1) is 17.3. The summed E-state index contributed by atoms with van der Waals surface area (Å²) in [5, 5.41) is 0. The zero-order valence-electron chi connectivity index (χ0n) is 15.2. The lowest BCUT2D eigenvalue weighted by molar-refractivity contribution is 0.303. The summed E-state index contributed by atoms with van der Waals surface area (Å²) in [6, 6.07) is 22.6. The molecule has 0 saturated carbocycles. The van der Waals surface area contributed by atoms with E-state index in [9.17, 15) is 4.39 Å². The number of para-hydroxylation sites is 2. The Bertz CT molecular complexity index is 1040. The van der Waals surface area contributed by atoms with Gasteiger partial charge in [0.25, 0.3) is 0 Å². The Balaban J connectivity index is 1.53. The lowest BCUT2D eigenvalue weighted by Crippen LogP contribution is -2.06. The van der Waals surface area contributed by atoms with E-state index in [0.717, 1.165) is 41.1 Å². The van der Waals surface area contributed by atoms with E-state index in [2.05, 4.69) is 17.6 Å². The zero-order valence-corrected chi connectivity index (χ0v) is 15.2. The molecule has 4 heteroatoms. The molecule has 0 aliphatic heterocycles. The SMILES string of the molecule is Cc1ccc(OCCCn2c(-c3ccc(F)cc3)nc3ccccc32)cc1. The van der Waals surface area contributed by atoms with Crippen LogP contribution in [0, 0.1) is 12.7 Å². The summed E-state index contributed by atoms with van der Waals surface area (Å²) in [5.74, 6) is 1.49. The summed E-state index contributed by atoms with van der Waals surface area (Å²) in [6.07, 6.45) is 0.850. The van der Waals surface area contributed by atoms with Crippen LogP contribution in [0.2, 0.25) is 0 Å². The molecule has 0 fully saturated rings. The third-order valence-electron chi connectivity index (χ3n) is 4.57. The minimum atomic E-state index is -0.243. The van der Waals surface area contributed by atoms with Crippen molar-refractivity contribution < 1.29 is 9.13 Å². The average molecular weight is 360 g/mol. The fourth-order valence-electron chi connectivity index (χ4n) is 3.17. The maximum Gasteiger partial charge on any atom is 0.141 e. The van der Waals surface area contributed by atoms with Crippen molar-refractivity contribution in [2.75, 3.05) is 6.61 Å². The molecule has 0 unspecified atom stereocenters. The van der Waals surface area contributed by atoms with Gasteiger partial charge in [-0.3, -0.25) is 0 Å². The number of benzene rings is 3. The molecule has 27 heavy (non-hydrogen) atoms. The first-order chi connectivity index (χ1) is 13.2. The molecule has 1 aromatic heterocycles. The van der Waals surface area contributed by atoms with Crippen LogP contribution in [0.25, 0.3) is 22.4 Å². The number of halogens is 1. The van der Waals surface area contributed by atoms with Crippen LogP contribution in [-0.4, -0.2) is 16.2 Å². The van der Waals surface area contributed by atoms with E-state index in [1.165, 1.54) is 17.7 Å². The Morgan fingerprint density at radius 3 is 2.44 bits per heavy atom. The Morgan fingerprint density at radius 2 is 1.67 bits per heavy atom. The molecule has 0 amide bonds. The van der Waals surface area contributed by atoms with Gasteiger partial charge in [0.05, 0.1) is 17.6 Å². The monoisotopic (exact) mass is 360 g/mol. The Kier molecular flexibility index (Phi) is 4.88. The molecular formula is C23H21FN2O. The molecule has 0 aliphatic rings. The third kappa shape index (κ3) is 3.85. The molecule has 0 atom stereocenters. The van der Waals surface area contributed by atoms with Crippen molar-refractivity contribution in [2.24, 2.45) is 0 Å². The van der Waals surface area contributed by atoms with E-state index in [1.807, 2.05) is 42.5 Å². The number of rotatable bonds is 6. The van der Waals surface area contributed by atoms with Gasteiger partial charge < -0.3 is 9.30 Å². The van der Waals surface area contributed by atoms with Crippen LogP contribution in [-0.2, 0) is 6.54 Å². The van der Waals surface area contributed by atoms with Crippen molar-refractivity contribution >= 4 is 11.0 Å². The summed E-state index contributed by atoms with van der Waals surface area (Å²) in [6.45, 7) is 3.46. The van der Waals surface area contributed by atoms with E-state index in [0.29, 0.717) is 6.61 Å². The molecule has 3 nitrogen and oxygen atoms in total. The van der Waals surface area contributed by atoms with Gasteiger partial charge in [0, 0.05) is 12.1 Å². The predicted octanol–water partition coefficient (Wildman–Crippen LogP) is 5.62. The van der Waals surface area contributed by atoms with Gasteiger partial charge in [-0.1, -0.05) is 29.8 Å². The van der Waals surface area contributed by atoms with Crippen molar-refractivity contribution in [1.82, 2.24) is 9.55 Å². The Hall–Kier alpha value is -3.14. The summed E-state index contributed by atoms with van der Waals surface area (Å²) in [5.41, 5.74) is 4.15. The second kappa shape index (κ2) is 7.62. The largest absolute Gasteiger partial charge is 0.494 e. The van der Waals surface area contributed by atoms with Crippen LogP contribution < -0.4 is 4.74 Å². The van der Waals surface area contributed by atoms with Crippen LogP contribution in [0.4, 0.5) is 4.39 Å². The number of hydrogen-bond donors (Lipinski definition) is 0. The standard InChI is InChI=1S/C23H21FN2O/c1-17-7-13-20(14-8-17)27-16-4-15-26-22-6-3-2-5-21(22)25-23(26)18-9-11-19(24)12-10-18/h2-3,5-14H,4,15-16H2,1H3. The number of nitrogens with zero attached hydrogens (tertiary/aromatic N) is 2. The van der Waals surface area contributed by atoms with Gasteiger partial charge in [0.15, 0.2) is 0 Å². The highest BCUT2D eigenvalue weighted by atomic mass is 19.1. The Labute approximate surface area is 158 Å². The molecule has 4 aromatic rings. The maximum absolute atomic E-state index is 13.3. The number of ether oxygens (including phenoxy) is 1. The first-order valence-electron chi connectivity index (χ1n) is 9.11. The fraction of sp³-hybridized carbons (Fsp3) is 0.174. The van der Waals surface area contributed by atoms with Crippen LogP contribution in [0.3, 0.4) is 0 Å². The molecule has 0 N–H and O–H groups in total. The number of aromatic nitrogens is 2. The lowest BCUT2D eigenvalue weighted by atomic mass is 10.2. The normalized spacial score (nSPS) is 11.0. The summed E-state index contributed by atoms with van der Waals surface area (Å²) in [4.78, 5) is 4.76. The molecule has 0 aliphatic carbocycles. The van der Waals surface area contributed by atoms with E-state index in [-0.39, 0.29) is 5.82 Å². The molecule has 0 spiro atoms. The van der Waals surface area contributed by atoms with Crippen LogP contribution in [0.15, 0.2) is 72.8 Å². The molecule has 1 heterocycles. The molecule has 0 bridgehead atoms. The highest BCUT2D eigenvalue weighted by molar-refractivity contribution is 5.80. The molecule has 4 rings (SSSR count). The van der Waals surface area contributed by atoms with E-state index in [1.54, 1.807) is 12.1 Å². The summed E-state index contributed by atoms with van der Waals surface area (Å²) in [7, 11) is 0. The van der Waals surface area contributed by atoms with Crippen molar-refractivity contribution in [3.63, 3.8) is 0 Å². The lowest BCUT2D eigenvalue weighted by Gasteiger charge is -2.11. The topological polar surface area (TPSA) is 27.1 Å². The van der Waals surface area contributed by atoms with Crippen LogP contribution in [0.5, 0.6) is 5.75 Å². The maximum atomic E-state index is 13.3. The van der Waals surface area contributed by atoms with Gasteiger partial charge in [-0.05, 0) is 61.9 Å². The number of hydrogen-bond acceptors (Lipinski definition) is 2. The highest BCUT2D eigenvalue weighted by Crippen LogP contribution is 2.25. The second-order valence-corrected chi connectivity index (χ2v) is 6.60. The molecular weight excluding hydrogens is 339 g/mol. The minimum absolute atomic E-state index is 0.243. The second-order valence-electron chi connectivity index (χ2n) is 6.60. The number of imidazole rings is 1. The van der Waals surface area contributed by atoms with Crippen LogP contribution >= 0.6 is 0 Å². The minimum Gasteiger partial charge on any atom is -0.494 e. The number of fused-ring (bicyclic) bond motifs is 1. The van der Waals surface area contributed by atoms with Crippen molar-refractivity contribution in [3.05, 3.63) is 84.2 Å². The highest BCUT2D eigenvalue weighted by Gasteiger charge is 2.12. The van der Waals surface area contributed by atoms with Crippen LogP contribution in [0.1, 0.15) is 12.0 Å². The van der Waals surface area contributed by atoms with Crippen molar-refractivity contribution in [3.8, 4) is 17.1 Å². The number of aryl methyl sites for hydroxylation is 2. The first-order valence-corrected chi connectivity index (χ1v) is 9.11. The van der Waals surface area contributed by atoms with E-state index >= 15 is 0 Å². The Morgan fingerprint density at radius 1 is 0.926 bits per heavy atom. The van der Waals surface area contributed by atoms with Gasteiger partial charge in [-0.15, -0.1) is 0 Å². The molecule has 3 aromatic carbocycles. The van der Waals surface area contributed by atoms with E-state index < -0.39 is 0 Å². The van der Waals surface area contributed by atoms with Gasteiger partial charge in [0.2, 0.25) is 0 Å². The smallest absolute Gasteiger partial charge is 0.141 e. The quantitative estimate of drug-likeness (QED) is 0.417. The van der Waals surface area contributed by atoms with E-state index in [4.69, 9.17) is 9.72 Å². The molecule has 136 valence electrons. The molecule has 0 radical (unpaired) electrons. The summed E-state index contributed by atoms with van der Waals surface area (Å²) >= 11 is 0. The average Bonchev–Trinajstić information content (AvgIpc) is 3.06. The van der Waals surface area contributed by atoms with Crippen molar-refractivity contribution in [1.29, 1.82) is 0 Å². The predicted molar refractivity (Wildman–Crippen MR) is 106 cm³/mol. The van der Waals surface area contributed by atoms with Gasteiger partial charge in [-0.25, -0.2) is 9.37 Å². The fourth-order valence-corrected chi connectivity index (χ4v) is 3.17. The third-order valence-corrected chi connectivity index (χ3v) is 4.57. The van der Waals surface area contributed by atoms with Gasteiger partial charge >= 0.3 is 0 Å². The summed E-state index contributed by atoms with van der Waals surface area (Å²) < 4.78 is 21.3.